The molecule has 2 aromatic carbocycles. The fourth-order valence-corrected chi connectivity index (χ4v) is 3.26. The van der Waals surface area contributed by atoms with Crippen LogP contribution in [0.4, 0.5) is 8.78 Å². The van der Waals surface area contributed by atoms with E-state index in [1.807, 2.05) is 20.8 Å². The molecule has 0 aromatic heterocycles. The summed E-state index contributed by atoms with van der Waals surface area (Å²) >= 11 is 10.3. The van der Waals surface area contributed by atoms with E-state index in [-0.39, 0.29) is 22.9 Å². The molecule has 2 aliphatic heterocycles. The largest absolute Gasteiger partial charge is 0.447 e. The molecule has 1 saturated heterocycles. The number of carbonyl (C=O) groups excluding carboxylic acids is 1. The van der Waals surface area contributed by atoms with E-state index >= 15 is 0 Å². The van der Waals surface area contributed by atoms with E-state index in [9.17, 15) is 18.7 Å². The maximum absolute atomic E-state index is 14.5. The molecule has 0 saturated carbocycles. The van der Waals surface area contributed by atoms with Crippen molar-refractivity contribution in [3.05, 3.63) is 83.4 Å². The summed E-state index contributed by atoms with van der Waals surface area (Å²) in [4.78, 5) is 14.2. The van der Waals surface area contributed by atoms with E-state index in [2.05, 4.69) is 13.2 Å². The van der Waals surface area contributed by atoms with Gasteiger partial charge in [0.15, 0.2) is 11.5 Å². The van der Waals surface area contributed by atoms with Gasteiger partial charge in [-0.1, -0.05) is 45.0 Å². The van der Waals surface area contributed by atoms with Crippen LogP contribution in [-0.4, -0.2) is 40.5 Å². The van der Waals surface area contributed by atoms with E-state index < -0.39 is 23.6 Å². The second-order valence-electron chi connectivity index (χ2n) is 8.50. The van der Waals surface area contributed by atoms with Crippen molar-refractivity contribution in [2.45, 2.75) is 58.8 Å². The highest BCUT2D eigenvalue weighted by molar-refractivity contribution is 6.29. The first kappa shape index (κ1) is 33.4. The Hall–Kier alpha value is -2.61. The van der Waals surface area contributed by atoms with Crippen LogP contribution in [0.25, 0.3) is 0 Å². The molecule has 0 bridgehead atoms. The Kier molecular flexibility index (Phi) is 14.4. The molecule has 2 heterocycles. The van der Waals surface area contributed by atoms with Gasteiger partial charge in [0.25, 0.3) is 12.2 Å². The van der Waals surface area contributed by atoms with Gasteiger partial charge >= 0.3 is 0 Å². The molecule has 2 aromatic rings. The third-order valence-electron chi connectivity index (χ3n) is 5.49. The second-order valence-corrected chi connectivity index (χ2v) is 9.34. The van der Waals surface area contributed by atoms with E-state index in [1.165, 1.54) is 35.2 Å². The Morgan fingerprint density at radius 3 is 2.08 bits per heavy atom. The third-order valence-corrected chi connectivity index (χ3v) is 5.98. The number of benzene rings is 2. The summed E-state index contributed by atoms with van der Waals surface area (Å²) < 4.78 is 38.8. The molecule has 4 rings (SSSR count). The molecule has 2 aliphatic rings. The van der Waals surface area contributed by atoms with Crippen LogP contribution in [0.1, 0.15) is 69.2 Å². The summed E-state index contributed by atoms with van der Waals surface area (Å²) in [6, 6.07) is 8.08. The highest BCUT2D eigenvalue weighted by Crippen LogP contribution is 2.42. The summed E-state index contributed by atoms with van der Waals surface area (Å²) in [7, 11) is 0. The Labute approximate surface area is 234 Å². The standard InChI is InChI=1S/C20H19F2NO4.C4H7Cl.C3H5Cl.C2H6/c1-20(25)6-8-23(9-7-20)18(24)14-10-16-17(11-15(14)22)27-19(26-16)12-2-4-13(21)5-3-12;1-3-4(2)5;1-2-3-4;1-2/h2-5,10-11,19,25H,6-9H2,1H3;2-3H2,1H3;2H,1,3H2;1-2H3. The lowest BCUT2D eigenvalue weighted by Crippen LogP contribution is -2.45. The average Bonchev–Trinajstić information content (AvgIpc) is 3.32. The molecule has 0 spiro atoms. The highest BCUT2D eigenvalue weighted by atomic mass is 35.5. The van der Waals surface area contributed by atoms with Crippen LogP contribution in [0, 0.1) is 11.6 Å². The zero-order valence-electron chi connectivity index (χ0n) is 22.4. The Morgan fingerprint density at radius 1 is 1.16 bits per heavy atom. The minimum Gasteiger partial charge on any atom is -0.447 e. The van der Waals surface area contributed by atoms with Gasteiger partial charge in [-0.05, 0) is 56.5 Å². The maximum atomic E-state index is 14.5. The molecule has 5 nitrogen and oxygen atoms in total. The molecule has 1 fully saturated rings. The maximum Gasteiger partial charge on any atom is 0.267 e. The number of aliphatic hydroxyl groups is 1. The number of amides is 1. The van der Waals surface area contributed by atoms with Gasteiger partial charge in [0.1, 0.15) is 11.6 Å². The molecule has 1 amide bonds. The van der Waals surface area contributed by atoms with Crippen molar-refractivity contribution in [3.8, 4) is 11.5 Å². The number of nitrogens with zero attached hydrogens (tertiary/aromatic N) is 1. The predicted octanol–water partition coefficient (Wildman–Crippen LogP) is 8.01. The first-order valence-corrected chi connectivity index (χ1v) is 13.4. The number of alkyl halides is 1. The Bertz CT molecular complexity index is 1050. The summed E-state index contributed by atoms with van der Waals surface area (Å²) in [5.74, 6) is -0.509. The van der Waals surface area contributed by atoms with Gasteiger partial charge in [0.2, 0.25) is 0 Å². The van der Waals surface area contributed by atoms with E-state index in [0.29, 0.717) is 37.4 Å². The topological polar surface area (TPSA) is 59.0 Å². The molecule has 1 unspecified atom stereocenters. The average molecular weight is 573 g/mol. The summed E-state index contributed by atoms with van der Waals surface area (Å²) in [5.41, 5.74) is -0.315. The van der Waals surface area contributed by atoms with Crippen LogP contribution >= 0.6 is 23.2 Å². The van der Waals surface area contributed by atoms with E-state index in [4.69, 9.17) is 32.7 Å². The highest BCUT2D eigenvalue weighted by Gasteiger charge is 2.33. The smallest absolute Gasteiger partial charge is 0.267 e. The predicted molar refractivity (Wildman–Crippen MR) is 150 cm³/mol. The van der Waals surface area contributed by atoms with Gasteiger partial charge in [-0.25, -0.2) is 8.78 Å². The number of halogens is 4. The lowest BCUT2D eigenvalue weighted by atomic mass is 9.93. The number of hydrogen-bond donors (Lipinski definition) is 1. The molecular formula is C29H37Cl2F2NO4. The SMILES string of the molecule is C=C(Cl)CC.C=CCCl.CC.CC1(O)CCN(C(=O)c2cc3c(cc2F)OC(c2ccc(F)cc2)O3)CC1. The first-order valence-electron chi connectivity index (χ1n) is 12.5. The van der Waals surface area contributed by atoms with Gasteiger partial charge in [-0.3, -0.25) is 4.79 Å². The van der Waals surface area contributed by atoms with Crippen LogP contribution in [0.15, 0.2) is 60.7 Å². The zero-order chi connectivity index (χ0) is 28.9. The van der Waals surface area contributed by atoms with Crippen LogP contribution in [0.2, 0.25) is 0 Å². The normalized spacial score (nSPS) is 16.4. The number of hydrogen-bond acceptors (Lipinski definition) is 4. The molecular weight excluding hydrogens is 535 g/mol. The summed E-state index contributed by atoms with van der Waals surface area (Å²) in [6.07, 6.45) is 2.58. The molecule has 0 aliphatic carbocycles. The van der Waals surface area contributed by atoms with Gasteiger partial charge in [-0.15, -0.1) is 18.2 Å². The zero-order valence-corrected chi connectivity index (χ0v) is 23.9. The Balaban J connectivity index is 0.000000563. The van der Waals surface area contributed by atoms with E-state index in [1.54, 1.807) is 13.0 Å². The molecule has 1 atom stereocenters. The molecule has 0 radical (unpaired) electrons. The van der Waals surface area contributed by atoms with Crippen molar-refractivity contribution < 1.29 is 28.2 Å². The third kappa shape index (κ3) is 10.3. The van der Waals surface area contributed by atoms with Gasteiger partial charge in [-0.2, -0.15) is 0 Å². The number of rotatable bonds is 4. The minimum absolute atomic E-state index is 0.0985. The van der Waals surface area contributed by atoms with Crippen molar-refractivity contribution >= 4 is 29.1 Å². The van der Waals surface area contributed by atoms with E-state index in [0.717, 1.165) is 17.5 Å². The van der Waals surface area contributed by atoms with Crippen molar-refractivity contribution in [2.24, 2.45) is 0 Å². The summed E-state index contributed by atoms with van der Waals surface area (Å²) in [5, 5.41) is 10.7. The quantitative estimate of drug-likeness (QED) is 0.298. The molecule has 210 valence electrons. The van der Waals surface area contributed by atoms with Crippen molar-refractivity contribution in [1.82, 2.24) is 4.90 Å². The molecule has 38 heavy (non-hydrogen) atoms. The monoisotopic (exact) mass is 571 g/mol. The van der Waals surface area contributed by atoms with Crippen LogP contribution in [0.3, 0.4) is 0 Å². The van der Waals surface area contributed by atoms with Gasteiger partial charge in [0.05, 0.1) is 11.2 Å². The van der Waals surface area contributed by atoms with Crippen LogP contribution in [0.5, 0.6) is 11.5 Å². The van der Waals surface area contributed by atoms with Gasteiger partial charge in [0, 0.05) is 35.6 Å². The number of likely N-dealkylation sites (tertiary alicyclic amines) is 1. The Morgan fingerprint density at radius 2 is 1.63 bits per heavy atom. The minimum atomic E-state index is -0.824. The van der Waals surface area contributed by atoms with Crippen molar-refractivity contribution in [2.75, 3.05) is 19.0 Å². The van der Waals surface area contributed by atoms with Crippen LogP contribution < -0.4 is 9.47 Å². The lowest BCUT2D eigenvalue weighted by Gasteiger charge is -2.35. The number of ether oxygens (including phenoxy) is 2. The van der Waals surface area contributed by atoms with Crippen LogP contribution in [-0.2, 0) is 0 Å². The van der Waals surface area contributed by atoms with Crippen molar-refractivity contribution in [1.29, 1.82) is 0 Å². The number of fused-ring (bicyclic) bond motifs is 1. The summed E-state index contributed by atoms with van der Waals surface area (Å²) in [6.45, 7) is 15.2. The number of carbonyl (C=O) groups is 1. The molecule has 9 heteroatoms. The number of piperidine rings is 1. The van der Waals surface area contributed by atoms with Gasteiger partial charge < -0.3 is 19.5 Å². The van der Waals surface area contributed by atoms with Crippen molar-refractivity contribution in [3.63, 3.8) is 0 Å². The number of allylic oxidation sites excluding steroid dienone is 2. The lowest BCUT2D eigenvalue weighted by molar-refractivity contribution is -0.00216. The fraction of sp³-hybridized carbons (Fsp3) is 0.414. The fourth-order valence-electron chi connectivity index (χ4n) is 3.26. The first-order chi connectivity index (χ1) is 18.0. The second kappa shape index (κ2) is 16.4. The molecule has 1 N–H and O–H groups in total.